The number of nitrogens with one attached hydrogen (secondary N) is 1. The Balaban J connectivity index is 1.47. The van der Waals surface area contributed by atoms with Crippen LogP contribution in [0, 0.1) is 11.6 Å². The van der Waals surface area contributed by atoms with Gasteiger partial charge >= 0.3 is 0 Å². The molecular formula is C25H27F2N3. The largest absolute Gasteiger partial charge is 0.309 e. The third-order valence-corrected chi connectivity index (χ3v) is 5.81. The summed E-state index contributed by atoms with van der Waals surface area (Å²) in [5, 5.41) is 3.59. The number of nitrogens with zero attached hydrogens (tertiary/aromatic N) is 2. The van der Waals surface area contributed by atoms with Gasteiger partial charge < -0.3 is 5.32 Å². The lowest BCUT2D eigenvalue weighted by atomic mass is 9.90. The first-order chi connectivity index (χ1) is 14.6. The minimum Gasteiger partial charge on any atom is -0.309 e. The molecule has 0 radical (unpaired) electrons. The minimum atomic E-state index is -0.222. The normalized spacial score (nSPS) is 17.5. The van der Waals surface area contributed by atoms with Gasteiger partial charge in [0.25, 0.3) is 0 Å². The molecule has 5 heteroatoms. The van der Waals surface area contributed by atoms with E-state index in [4.69, 9.17) is 0 Å². The molecule has 3 aromatic rings. The second-order valence-electron chi connectivity index (χ2n) is 8.17. The standard InChI is InChI=1S/C25H27F2N3/c1-18(29-15-20-8-10-28-11-9-20)16-30-17-21-4-7-24(27)13-22(21)14-25(30)12-19-2-5-23(26)6-3-19/h2-11,13,18,25,29H,12,14-17H2,1H3/t18?,25-/m1/s1. The van der Waals surface area contributed by atoms with Gasteiger partial charge in [-0.25, -0.2) is 8.78 Å². The predicted molar refractivity (Wildman–Crippen MR) is 115 cm³/mol. The number of pyridine rings is 1. The third-order valence-electron chi connectivity index (χ3n) is 5.81. The van der Waals surface area contributed by atoms with Crippen LogP contribution in [0.4, 0.5) is 8.78 Å². The molecule has 1 N–H and O–H groups in total. The van der Waals surface area contributed by atoms with E-state index in [0.717, 1.165) is 43.6 Å². The summed E-state index contributed by atoms with van der Waals surface area (Å²) in [4.78, 5) is 6.53. The van der Waals surface area contributed by atoms with Crippen LogP contribution in [-0.4, -0.2) is 28.5 Å². The summed E-state index contributed by atoms with van der Waals surface area (Å²) in [5.41, 5.74) is 4.58. The smallest absolute Gasteiger partial charge is 0.123 e. The van der Waals surface area contributed by atoms with Gasteiger partial charge in [-0.05, 0) is 78.4 Å². The molecule has 1 aliphatic heterocycles. The molecule has 0 fully saturated rings. The second-order valence-corrected chi connectivity index (χ2v) is 8.17. The van der Waals surface area contributed by atoms with Gasteiger partial charge in [-0.3, -0.25) is 9.88 Å². The van der Waals surface area contributed by atoms with E-state index in [-0.39, 0.29) is 23.7 Å². The minimum absolute atomic E-state index is 0.185. The zero-order valence-electron chi connectivity index (χ0n) is 17.2. The van der Waals surface area contributed by atoms with Gasteiger partial charge in [0.05, 0.1) is 0 Å². The van der Waals surface area contributed by atoms with Crippen LogP contribution in [0.5, 0.6) is 0 Å². The number of benzene rings is 2. The maximum absolute atomic E-state index is 13.8. The molecule has 1 aromatic heterocycles. The van der Waals surface area contributed by atoms with Crippen LogP contribution in [0.3, 0.4) is 0 Å². The third kappa shape index (κ3) is 5.29. The van der Waals surface area contributed by atoms with Crippen molar-refractivity contribution in [3.8, 4) is 0 Å². The van der Waals surface area contributed by atoms with E-state index in [1.54, 1.807) is 24.5 Å². The SMILES string of the molecule is CC(CN1Cc2ccc(F)cc2C[C@H]1Cc1ccc(F)cc1)NCc1ccncc1. The number of halogens is 2. The van der Waals surface area contributed by atoms with Crippen molar-refractivity contribution in [1.82, 2.24) is 15.2 Å². The van der Waals surface area contributed by atoms with Crippen LogP contribution in [0.25, 0.3) is 0 Å². The lowest BCUT2D eigenvalue weighted by Crippen LogP contribution is -2.47. The highest BCUT2D eigenvalue weighted by Crippen LogP contribution is 2.26. The lowest BCUT2D eigenvalue weighted by molar-refractivity contribution is 0.154. The molecule has 156 valence electrons. The Bertz CT molecular complexity index is 960. The van der Waals surface area contributed by atoms with Crippen LogP contribution in [-0.2, 0) is 25.9 Å². The summed E-state index contributed by atoms with van der Waals surface area (Å²) in [6, 6.07) is 16.4. The van der Waals surface area contributed by atoms with E-state index in [1.807, 2.05) is 30.3 Å². The first-order valence-electron chi connectivity index (χ1n) is 10.4. The predicted octanol–water partition coefficient (Wildman–Crippen LogP) is 4.51. The van der Waals surface area contributed by atoms with E-state index < -0.39 is 0 Å². The Morgan fingerprint density at radius 1 is 0.967 bits per heavy atom. The van der Waals surface area contributed by atoms with Crippen molar-refractivity contribution >= 4 is 0 Å². The summed E-state index contributed by atoms with van der Waals surface area (Å²) in [6.07, 6.45) is 5.22. The van der Waals surface area contributed by atoms with Gasteiger partial charge in [0.2, 0.25) is 0 Å². The molecule has 0 amide bonds. The van der Waals surface area contributed by atoms with E-state index >= 15 is 0 Å². The molecule has 1 unspecified atom stereocenters. The Morgan fingerprint density at radius 3 is 2.47 bits per heavy atom. The Kier molecular flexibility index (Phi) is 6.50. The summed E-state index contributed by atoms with van der Waals surface area (Å²) in [6.45, 7) is 4.66. The molecule has 2 heterocycles. The van der Waals surface area contributed by atoms with E-state index in [0.29, 0.717) is 0 Å². The number of aromatic nitrogens is 1. The molecule has 0 bridgehead atoms. The van der Waals surface area contributed by atoms with Gasteiger partial charge in [-0.15, -0.1) is 0 Å². The molecule has 0 saturated carbocycles. The number of hydrogen-bond donors (Lipinski definition) is 1. The zero-order chi connectivity index (χ0) is 20.9. The van der Waals surface area contributed by atoms with Crippen LogP contribution < -0.4 is 5.32 Å². The maximum Gasteiger partial charge on any atom is 0.123 e. The van der Waals surface area contributed by atoms with Gasteiger partial charge in [0.15, 0.2) is 0 Å². The molecule has 0 aliphatic carbocycles. The van der Waals surface area contributed by atoms with Gasteiger partial charge in [0, 0.05) is 44.1 Å². The Hall–Kier alpha value is -2.63. The Labute approximate surface area is 176 Å². The molecule has 30 heavy (non-hydrogen) atoms. The highest BCUT2D eigenvalue weighted by Gasteiger charge is 2.27. The van der Waals surface area contributed by atoms with Crippen molar-refractivity contribution in [3.63, 3.8) is 0 Å². The Morgan fingerprint density at radius 2 is 1.70 bits per heavy atom. The first-order valence-corrected chi connectivity index (χ1v) is 10.4. The van der Waals surface area contributed by atoms with E-state index in [1.165, 1.54) is 23.3 Å². The molecule has 3 nitrogen and oxygen atoms in total. The van der Waals surface area contributed by atoms with Crippen molar-refractivity contribution in [2.45, 2.75) is 44.9 Å². The topological polar surface area (TPSA) is 28.2 Å². The summed E-state index contributed by atoms with van der Waals surface area (Å²) in [7, 11) is 0. The van der Waals surface area contributed by atoms with Gasteiger partial charge in [0.1, 0.15) is 11.6 Å². The van der Waals surface area contributed by atoms with Crippen LogP contribution >= 0.6 is 0 Å². The molecule has 1 aliphatic rings. The quantitative estimate of drug-likeness (QED) is 0.625. The molecule has 2 aromatic carbocycles. The molecule has 0 spiro atoms. The average molecular weight is 408 g/mol. The van der Waals surface area contributed by atoms with Gasteiger partial charge in [-0.1, -0.05) is 18.2 Å². The summed E-state index contributed by atoms with van der Waals surface area (Å²) < 4.78 is 27.1. The second kappa shape index (κ2) is 9.45. The highest BCUT2D eigenvalue weighted by atomic mass is 19.1. The zero-order valence-corrected chi connectivity index (χ0v) is 17.2. The lowest BCUT2D eigenvalue weighted by Gasteiger charge is -2.39. The summed E-state index contributed by atoms with van der Waals surface area (Å²) in [5.74, 6) is -0.407. The monoisotopic (exact) mass is 407 g/mol. The molecule has 0 saturated heterocycles. The fraction of sp³-hybridized carbons (Fsp3) is 0.320. The first kappa shape index (κ1) is 20.6. The van der Waals surface area contributed by atoms with Crippen molar-refractivity contribution in [2.75, 3.05) is 6.54 Å². The average Bonchev–Trinajstić information content (AvgIpc) is 2.75. The number of hydrogen-bond acceptors (Lipinski definition) is 3. The van der Waals surface area contributed by atoms with Crippen LogP contribution in [0.15, 0.2) is 67.0 Å². The fourth-order valence-corrected chi connectivity index (χ4v) is 4.19. The van der Waals surface area contributed by atoms with Crippen LogP contribution in [0.1, 0.15) is 29.2 Å². The van der Waals surface area contributed by atoms with Crippen molar-refractivity contribution in [3.05, 3.63) is 101 Å². The summed E-state index contributed by atoms with van der Waals surface area (Å²) >= 11 is 0. The maximum atomic E-state index is 13.8. The highest BCUT2D eigenvalue weighted by molar-refractivity contribution is 5.32. The van der Waals surface area contributed by atoms with Crippen molar-refractivity contribution in [1.29, 1.82) is 0 Å². The van der Waals surface area contributed by atoms with Crippen LogP contribution in [0.2, 0.25) is 0 Å². The molecular weight excluding hydrogens is 380 g/mol. The number of rotatable bonds is 7. The molecule has 4 rings (SSSR count). The van der Waals surface area contributed by atoms with E-state index in [2.05, 4.69) is 22.1 Å². The van der Waals surface area contributed by atoms with E-state index in [9.17, 15) is 8.78 Å². The van der Waals surface area contributed by atoms with Crippen molar-refractivity contribution in [2.24, 2.45) is 0 Å². The number of fused-ring (bicyclic) bond motifs is 1. The van der Waals surface area contributed by atoms with Crippen molar-refractivity contribution < 1.29 is 8.78 Å². The van der Waals surface area contributed by atoms with Gasteiger partial charge in [-0.2, -0.15) is 0 Å². The fourth-order valence-electron chi connectivity index (χ4n) is 4.19. The molecule has 2 atom stereocenters.